The Morgan fingerprint density at radius 1 is 1.15 bits per heavy atom. The smallest absolute Gasteiger partial charge is 0.351 e. The maximum absolute atomic E-state index is 12.9. The van der Waals surface area contributed by atoms with Crippen molar-refractivity contribution in [3.63, 3.8) is 0 Å². The molecule has 0 saturated carbocycles. The number of carboxylic acids is 1. The van der Waals surface area contributed by atoms with Gasteiger partial charge in [0.05, 0.1) is 24.5 Å². The zero-order chi connectivity index (χ0) is 19.7. The van der Waals surface area contributed by atoms with E-state index in [9.17, 15) is 14.4 Å². The van der Waals surface area contributed by atoms with Gasteiger partial charge in [-0.3, -0.25) is 4.79 Å². The summed E-state index contributed by atoms with van der Waals surface area (Å²) >= 11 is 1.13. The Hall–Kier alpha value is -3.33. The van der Waals surface area contributed by atoms with Crippen molar-refractivity contribution in [1.29, 1.82) is 0 Å². The summed E-state index contributed by atoms with van der Waals surface area (Å²) in [6, 6.07) is 7.71. The molecule has 0 saturated heterocycles. The molecule has 0 aliphatic heterocycles. The van der Waals surface area contributed by atoms with Gasteiger partial charge < -0.3 is 23.9 Å². The number of carbonyl (C=O) groups excluding carboxylic acids is 1. The molecule has 0 aliphatic carbocycles. The molecule has 0 radical (unpaired) electrons. The van der Waals surface area contributed by atoms with E-state index in [4.69, 9.17) is 19.0 Å². The van der Waals surface area contributed by atoms with Gasteiger partial charge >= 0.3 is 11.6 Å². The number of hydrogen-bond acceptors (Lipinski definition) is 7. The molecule has 0 spiro atoms. The number of fused-ring (bicyclic) bond motifs is 1. The van der Waals surface area contributed by atoms with E-state index in [2.05, 4.69) is 0 Å². The largest absolute Gasteiger partial charge is 0.493 e. The summed E-state index contributed by atoms with van der Waals surface area (Å²) < 4.78 is 16.0. The van der Waals surface area contributed by atoms with Crippen LogP contribution in [0.1, 0.15) is 20.7 Å². The van der Waals surface area contributed by atoms with Gasteiger partial charge in [0.15, 0.2) is 17.1 Å². The average molecular weight is 389 g/mol. The summed E-state index contributed by atoms with van der Waals surface area (Å²) in [6.45, 7) is 0. The van der Waals surface area contributed by atoms with E-state index < -0.39 is 17.2 Å². The van der Waals surface area contributed by atoms with Crippen LogP contribution in [-0.4, -0.2) is 38.3 Å². The number of thiophene rings is 1. The third-order valence-corrected chi connectivity index (χ3v) is 5.05. The number of carbonyl (C=O) groups is 2. The standard InChI is InChI=1S/C18H15NO7S/c1-19(16(20)9-5-4-6-11(24-2)15(9)25-3)14-8-12-13(27-14)7-10(17(21)22)18(23)26-12/h4-8H,1-3H3,(H,21,22). The molecule has 0 fully saturated rings. The summed E-state index contributed by atoms with van der Waals surface area (Å²) in [7, 11) is 4.47. The van der Waals surface area contributed by atoms with E-state index in [0.29, 0.717) is 26.8 Å². The van der Waals surface area contributed by atoms with Crippen LogP contribution >= 0.6 is 11.3 Å². The summed E-state index contributed by atoms with van der Waals surface area (Å²) in [6.07, 6.45) is 0. The number of benzene rings is 1. The van der Waals surface area contributed by atoms with Crippen LogP contribution in [0.2, 0.25) is 0 Å². The van der Waals surface area contributed by atoms with Gasteiger partial charge in [-0.05, 0) is 18.2 Å². The molecule has 140 valence electrons. The zero-order valence-electron chi connectivity index (χ0n) is 14.6. The Morgan fingerprint density at radius 3 is 2.52 bits per heavy atom. The van der Waals surface area contributed by atoms with Gasteiger partial charge in [0.2, 0.25) is 0 Å². The topological polar surface area (TPSA) is 106 Å². The Balaban J connectivity index is 2.03. The molecule has 2 aromatic heterocycles. The highest BCUT2D eigenvalue weighted by Gasteiger charge is 2.23. The van der Waals surface area contributed by atoms with E-state index in [1.807, 2.05) is 0 Å². The fourth-order valence-corrected chi connectivity index (χ4v) is 3.54. The molecule has 9 heteroatoms. The van der Waals surface area contributed by atoms with Gasteiger partial charge in [-0.25, -0.2) is 9.59 Å². The minimum Gasteiger partial charge on any atom is -0.493 e. The number of carboxylic acid groups (broad SMARTS) is 1. The number of aromatic carboxylic acids is 1. The molecule has 0 aliphatic rings. The molecule has 0 bridgehead atoms. The van der Waals surface area contributed by atoms with E-state index in [1.54, 1.807) is 25.2 Å². The number of ether oxygens (including phenoxy) is 2. The second kappa shape index (κ2) is 7.12. The van der Waals surface area contributed by atoms with Crippen LogP contribution in [0.4, 0.5) is 5.00 Å². The van der Waals surface area contributed by atoms with Crippen molar-refractivity contribution in [1.82, 2.24) is 0 Å². The predicted octanol–water partition coefficient (Wildman–Crippen LogP) is 2.85. The fourth-order valence-electron chi connectivity index (χ4n) is 2.55. The van der Waals surface area contributed by atoms with Crippen molar-refractivity contribution in [2.24, 2.45) is 0 Å². The molecule has 1 aromatic carbocycles. The Labute approximate surface area is 157 Å². The van der Waals surface area contributed by atoms with Crippen LogP contribution in [0, 0.1) is 0 Å². The van der Waals surface area contributed by atoms with E-state index in [-0.39, 0.29) is 11.5 Å². The van der Waals surface area contributed by atoms with Gasteiger partial charge in [-0.15, -0.1) is 11.3 Å². The summed E-state index contributed by atoms with van der Waals surface area (Å²) in [5.74, 6) is -1.01. The van der Waals surface area contributed by atoms with Crippen molar-refractivity contribution in [2.75, 3.05) is 26.2 Å². The highest BCUT2D eigenvalue weighted by molar-refractivity contribution is 7.22. The van der Waals surface area contributed by atoms with Gasteiger partial charge in [-0.1, -0.05) is 6.07 Å². The van der Waals surface area contributed by atoms with Crippen LogP contribution in [0.25, 0.3) is 10.3 Å². The number of hydrogen-bond donors (Lipinski definition) is 1. The van der Waals surface area contributed by atoms with Crippen LogP contribution in [0.5, 0.6) is 11.5 Å². The monoisotopic (exact) mass is 389 g/mol. The first-order valence-electron chi connectivity index (χ1n) is 7.67. The lowest BCUT2D eigenvalue weighted by atomic mass is 10.1. The first-order chi connectivity index (χ1) is 12.9. The van der Waals surface area contributed by atoms with Crippen LogP contribution < -0.4 is 20.0 Å². The van der Waals surface area contributed by atoms with Crippen LogP contribution in [0.3, 0.4) is 0 Å². The maximum atomic E-state index is 12.9. The number of para-hydroxylation sites is 1. The number of nitrogens with zero attached hydrogens (tertiary/aromatic N) is 1. The molecular weight excluding hydrogens is 374 g/mol. The molecule has 8 nitrogen and oxygen atoms in total. The first kappa shape index (κ1) is 18.5. The molecule has 27 heavy (non-hydrogen) atoms. The summed E-state index contributed by atoms with van der Waals surface area (Å²) in [5, 5.41) is 9.52. The molecule has 1 N–H and O–H groups in total. The highest BCUT2D eigenvalue weighted by Crippen LogP contribution is 2.35. The van der Waals surface area contributed by atoms with E-state index in [1.165, 1.54) is 31.3 Å². The molecule has 2 heterocycles. The van der Waals surface area contributed by atoms with Gasteiger partial charge in [0.1, 0.15) is 10.6 Å². The Kier molecular flexibility index (Phi) is 4.87. The van der Waals surface area contributed by atoms with Crippen molar-refractivity contribution in [2.45, 2.75) is 0 Å². The Morgan fingerprint density at radius 2 is 1.89 bits per heavy atom. The van der Waals surface area contributed by atoms with Crippen molar-refractivity contribution < 1.29 is 28.6 Å². The molecule has 3 aromatic rings. The number of methoxy groups -OCH3 is 2. The summed E-state index contributed by atoms with van der Waals surface area (Å²) in [4.78, 5) is 37.1. The quantitative estimate of drug-likeness (QED) is 0.715. The number of amides is 1. The van der Waals surface area contributed by atoms with Crippen LogP contribution in [0.15, 0.2) is 39.5 Å². The minimum atomic E-state index is -1.37. The van der Waals surface area contributed by atoms with E-state index in [0.717, 1.165) is 11.3 Å². The zero-order valence-corrected chi connectivity index (χ0v) is 15.5. The van der Waals surface area contributed by atoms with Crippen molar-refractivity contribution in [3.8, 4) is 11.5 Å². The van der Waals surface area contributed by atoms with Gasteiger partial charge in [-0.2, -0.15) is 0 Å². The normalized spacial score (nSPS) is 10.6. The van der Waals surface area contributed by atoms with Gasteiger partial charge in [0.25, 0.3) is 5.91 Å². The van der Waals surface area contributed by atoms with Crippen molar-refractivity contribution >= 4 is 38.5 Å². The lowest BCUT2D eigenvalue weighted by Crippen LogP contribution is -2.25. The number of anilines is 1. The van der Waals surface area contributed by atoms with Gasteiger partial charge in [0, 0.05) is 13.1 Å². The van der Waals surface area contributed by atoms with Crippen LogP contribution in [-0.2, 0) is 0 Å². The maximum Gasteiger partial charge on any atom is 0.351 e. The fraction of sp³-hybridized carbons (Fsp3) is 0.167. The SMILES string of the molecule is COc1cccc(C(=O)N(C)c2cc3oc(=O)c(C(=O)O)cc3s2)c1OC. The first-order valence-corrected chi connectivity index (χ1v) is 8.49. The Bertz CT molecular complexity index is 1100. The third-order valence-electron chi connectivity index (χ3n) is 3.91. The summed E-state index contributed by atoms with van der Waals surface area (Å²) in [5.41, 5.74) is -0.895. The third kappa shape index (κ3) is 3.24. The molecule has 0 atom stereocenters. The molecule has 3 rings (SSSR count). The van der Waals surface area contributed by atoms with E-state index >= 15 is 0 Å². The predicted molar refractivity (Wildman–Crippen MR) is 99.6 cm³/mol. The average Bonchev–Trinajstić information content (AvgIpc) is 3.07. The molecule has 1 amide bonds. The second-order valence-corrected chi connectivity index (χ2v) is 6.53. The molecular formula is C18H15NO7S. The molecule has 0 unspecified atom stereocenters. The number of rotatable bonds is 5. The lowest BCUT2D eigenvalue weighted by Gasteiger charge is -2.18. The minimum absolute atomic E-state index is 0.210. The lowest BCUT2D eigenvalue weighted by molar-refractivity contribution is 0.0692. The highest BCUT2D eigenvalue weighted by atomic mass is 32.1. The second-order valence-electron chi connectivity index (χ2n) is 5.47. The van der Waals surface area contributed by atoms with Crippen molar-refractivity contribution in [3.05, 3.63) is 51.9 Å².